The molecule has 51 heavy (non-hydrogen) atoms. The summed E-state index contributed by atoms with van der Waals surface area (Å²) in [6.45, 7) is 4.50. The van der Waals surface area contributed by atoms with Crippen molar-refractivity contribution in [2.45, 2.75) is 78.1 Å². The Balaban J connectivity index is 1.22. The molecule has 0 aliphatic carbocycles. The molecule has 0 atom stereocenters. The van der Waals surface area contributed by atoms with Crippen molar-refractivity contribution in [3.63, 3.8) is 0 Å². The fourth-order valence-corrected chi connectivity index (χ4v) is 6.88. The van der Waals surface area contributed by atoms with Crippen LogP contribution in [0.1, 0.15) is 76.6 Å². The van der Waals surface area contributed by atoms with Crippen LogP contribution in [0, 0.1) is 0 Å². The van der Waals surface area contributed by atoms with E-state index in [0.717, 1.165) is 98.7 Å². The lowest BCUT2D eigenvalue weighted by Gasteiger charge is -2.26. The van der Waals surface area contributed by atoms with Crippen LogP contribution in [0.5, 0.6) is 0 Å². The third-order valence-corrected chi connectivity index (χ3v) is 9.63. The van der Waals surface area contributed by atoms with Crippen LogP contribution < -0.4 is 4.90 Å². The zero-order valence-corrected chi connectivity index (χ0v) is 29.9. The van der Waals surface area contributed by atoms with Crippen LogP contribution in [0.4, 0.5) is 17.1 Å². The molecule has 0 saturated heterocycles. The largest absolute Gasteiger partial charge is 0.311 e. The monoisotopic (exact) mass is 669 g/mol. The quantitative estimate of drug-likeness (QED) is 0.102. The summed E-state index contributed by atoms with van der Waals surface area (Å²) >= 11 is 0. The SMILES string of the molecule is CCCCCCc1nc2ccccc2nc1-c1ccc(N(c2ccccc2)c2ccc(-c3nc4ccccc4nc3CCCCCC)cc2)cc1. The first-order valence-corrected chi connectivity index (χ1v) is 18.8. The fraction of sp³-hybridized carbons (Fsp3) is 0.261. The van der Waals surface area contributed by atoms with Crippen molar-refractivity contribution in [2.75, 3.05) is 4.90 Å². The Morgan fingerprint density at radius 1 is 0.373 bits per heavy atom. The number of hydrogen-bond donors (Lipinski definition) is 0. The number of hydrogen-bond acceptors (Lipinski definition) is 5. The third kappa shape index (κ3) is 7.99. The summed E-state index contributed by atoms with van der Waals surface area (Å²) in [5, 5.41) is 0. The molecule has 5 nitrogen and oxygen atoms in total. The second kappa shape index (κ2) is 16.5. The zero-order valence-electron chi connectivity index (χ0n) is 29.9. The maximum atomic E-state index is 5.14. The molecule has 0 saturated carbocycles. The molecule has 0 unspecified atom stereocenters. The number of rotatable bonds is 15. The molecule has 5 heteroatoms. The van der Waals surface area contributed by atoms with Crippen molar-refractivity contribution in [3.05, 3.63) is 139 Å². The molecular weight excluding hydrogens is 623 g/mol. The maximum absolute atomic E-state index is 5.14. The van der Waals surface area contributed by atoms with Gasteiger partial charge in [-0.15, -0.1) is 0 Å². The van der Waals surface area contributed by atoms with Gasteiger partial charge in [0, 0.05) is 28.2 Å². The van der Waals surface area contributed by atoms with Crippen molar-refractivity contribution in [2.24, 2.45) is 0 Å². The average molecular weight is 670 g/mol. The molecule has 0 aliphatic heterocycles. The van der Waals surface area contributed by atoms with Crippen molar-refractivity contribution in [3.8, 4) is 22.5 Å². The Labute approximate surface area is 302 Å². The second-order valence-electron chi connectivity index (χ2n) is 13.4. The summed E-state index contributed by atoms with van der Waals surface area (Å²) in [7, 11) is 0. The number of benzene rings is 5. The van der Waals surface area contributed by atoms with Gasteiger partial charge in [0.2, 0.25) is 0 Å². The Morgan fingerprint density at radius 2 is 0.745 bits per heavy atom. The number of aromatic nitrogens is 4. The van der Waals surface area contributed by atoms with Gasteiger partial charge in [0.25, 0.3) is 0 Å². The average Bonchev–Trinajstić information content (AvgIpc) is 3.19. The van der Waals surface area contributed by atoms with Gasteiger partial charge in [-0.1, -0.05) is 119 Å². The number of para-hydroxylation sites is 5. The van der Waals surface area contributed by atoms with E-state index in [0.29, 0.717) is 0 Å². The first kappa shape index (κ1) is 34.0. The van der Waals surface area contributed by atoms with Gasteiger partial charge in [-0.3, -0.25) is 0 Å². The molecule has 7 rings (SSSR count). The Bertz CT molecular complexity index is 2040. The van der Waals surface area contributed by atoms with E-state index in [9.17, 15) is 0 Å². The smallest absolute Gasteiger partial charge is 0.0925 e. The maximum Gasteiger partial charge on any atom is 0.0925 e. The molecule has 0 bridgehead atoms. The van der Waals surface area contributed by atoms with Gasteiger partial charge < -0.3 is 4.90 Å². The summed E-state index contributed by atoms with van der Waals surface area (Å²) in [6.07, 6.45) is 11.5. The minimum atomic E-state index is 0.930. The molecule has 2 heterocycles. The van der Waals surface area contributed by atoms with E-state index < -0.39 is 0 Å². The molecule has 0 aliphatic rings. The Hall–Kier alpha value is -5.42. The summed E-state index contributed by atoms with van der Waals surface area (Å²) in [6, 6.07) is 44.6. The molecule has 5 aromatic carbocycles. The van der Waals surface area contributed by atoms with E-state index >= 15 is 0 Å². The van der Waals surface area contributed by atoms with Gasteiger partial charge in [-0.05, 0) is 86.3 Å². The highest BCUT2D eigenvalue weighted by molar-refractivity contribution is 5.83. The number of fused-ring (bicyclic) bond motifs is 2. The highest BCUT2D eigenvalue weighted by Gasteiger charge is 2.17. The molecule has 0 N–H and O–H groups in total. The van der Waals surface area contributed by atoms with Crippen molar-refractivity contribution < 1.29 is 0 Å². The van der Waals surface area contributed by atoms with Crippen LogP contribution in [-0.2, 0) is 12.8 Å². The summed E-state index contributed by atoms with van der Waals surface area (Å²) < 4.78 is 0. The molecule has 0 radical (unpaired) electrons. The van der Waals surface area contributed by atoms with Crippen LogP contribution in [0.25, 0.3) is 44.6 Å². The van der Waals surface area contributed by atoms with Gasteiger partial charge in [0.05, 0.1) is 44.8 Å². The lowest BCUT2D eigenvalue weighted by molar-refractivity contribution is 0.661. The predicted octanol–water partition coefficient (Wildman–Crippen LogP) is 12.6. The van der Waals surface area contributed by atoms with E-state index in [2.05, 4.69) is 122 Å². The molecular formula is C46H47N5. The lowest BCUT2D eigenvalue weighted by atomic mass is 10.0. The molecule has 0 fully saturated rings. The normalized spacial score (nSPS) is 11.3. The molecule has 0 amide bonds. The topological polar surface area (TPSA) is 54.8 Å². The second-order valence-corrected chi connectivity index (χ2v) is 13.4. The lowest BCUT2D eigenvalue weighted by Crippen LogP contribution is -2.10. The summed E-state index contributed by atoms with van der Waals surface area (Å²) in [5.74, 6) is 0. The number of anilines is 3. The predicted molar refractivity (Wildman–Crippen MR) is 214 cm³/mol. The van der Waals surface area contributed by atoms with Crippen molar-refractivity contribution >= 4 is 39.1 Å². The van der Waals surface area contributed by atoms with E-state index in [-0.39, 0.29) is 0 Å². The highest BCUT2D eigenvalue weighted by atomic mass is 15.1. The molecule has 7 aromatic rings. The van der Waals surface area contributed by atoms with Gasteiger partial charge in [-0.2, -0.15) is 0 Å². The molecule has 256 valence electrons. The highest BCUT2D eigenvalue weighted by Crippen LogP contribution is 2.37. The first-order chi connectivity index (χ1) is 25.2. The van der Waals surface area contributed by atoms with Gasteiger partial charge in [0.1, 0.15) is 0 Å². The van der Waals surface area contributed by atoms with E-state index in [4.69, 9.17) is 19.9 Å². The standard InChI is InChI=1S/C46H47N5/c1-3-5-7-12-24-43-45(49-41-22-16-14-20-39(41)47-43)34-26-30-37(31-27-34)51(36-18-10-9-11-19-36)38-32-28-35(29-33-38)46-44(25-13-8-6-4-2)48-40-21-15-17-23-42(40)50-46/h9-11,14-23,26-33H,3-8,12-13,24-25H2,1-2H3. The van der Waals surface area contributed by atoms with Crippen molar-refractivity contribution in [1.82, 2.24) is 19.9 Å². The van der Waals surface area contributed by atoms with Crippen molar-refractivity contribution in [1.29, 1.82) is 0 Å². The van der Waals surface area contributed by atoms with E-state index in [1.807, 2.05) is 24.3 Å². The zero-order chi connectivity index (χ0) is 34.8. The van der Waals surface area contributed by atoms with Crippen LogP contribution in [0.15, 0.2) is 127 Å². The third-order valence-electron chi connectivity index (χ3n) is 9.63. The Kier molecular flexibility index (Phi) is 11.0. The first-order valence-electron chi connectivity index (χ1n) is 18.8. The summed E-state index contributed by atoms with van der Waals surface area (Å²) in [4.78, 5) is 22.8. The Morgan fingerprint density at radius 3 is 1.16 bits per heavy atom. The van der Waals surface area contributed by atoms with Crippen LogP contribution in [0.2, 0.25) is 0 Å². The van der Waals surface area contributed by atoms with Gasteiger partial charge in [0.15, 0.2) is 0 Å². The summed E-state index contributed by atoms with van der Waals surface area (Å²) in [5.41, 5.74) is 13.3. The van der Waals surface area contributed by atoms with Crippen LogP contribution in [0.3, 0.4) is 0 Å². The van der Waals surface area contributed by atoms with Gasteiger partial charge in [-0.25, -0.2) is 19.9 Å². The number of nitrogens with zero attached hydrogens (tertiary/aromatic N) is 5. The van der Waals surface area contributed by atoms with E-state index in [1.54, 1.807) is 0 Å². The van der Waals surface area contributed by atoms with E-state index in [1.165, 1.54) is 38.5 Å². The molecule has 0 spiro atoms. The fourth-order valence-electron chi connectivity index (χ4n) is 6.88. The minimum absolute atomic E-state index is 0.930. The molecule has 2 aromatic heterocycles. The van der Waals surface area contributed by atoms with Crippen LogP contribution in [-0.4, -0.2) is 19.9 Å². The van der Waals surface area contributed by atoms with Crippen LogP contribution >= 0.6 is 0 Å². The number of aryl methyl sites for hydroxylation is 2. The number of unbranched alkanes of at least 4 members (excludes halogenated alkanes) is 6. The van der Waals surface area contributed by atoms with Gasteiger partial charge >= 0.3 is 0 Å². The minimum Gasteiger partial charge on any atom is -0.311 e.